The normalized spacial score (nSPS) is 20.3. The average molecular weight is 845 g/mol. The summed E-state index contributed by atoms with van der Waals surface area (Å²) in [7, 11) is 2.58. The highest BCUT2D eigenvalue weighted by Gasteiger charge is 2.51. The van der Waals surface area contributed by atoms with Gasteiger partial charge in [0.05, 0.1) is 49.2 Å². The molecular formula is C49H48N8O6. The van der Waals surface area contributed by atoms with Crippen molar-refractivity contribution < 1.29 is 28.7 Å². The molecule has 14 nitrogen and oxygen atoms in total. The summed E-state index contributed by atoms with van der Waals surface area (Å²) in [5, 5.41) is 9.64. The van der Waals surface area contributed by atoms with E-state index in [2.05, 4.69) is 81.3 Å². The lowest BCUT2D eigenvalue weighted by atomic mass is 9.96. The number of aromatic amines is 2. The van der Waals surface area contributed by atoms with Gasteiger partial charge in [-0.1, -0.05) is 72.8 Å². The molecule has 2 aliphatic heterocycles. The number of ether oxygens (including phenoxy) is 2. The van der Waals surface area contributed by atoms with Crippen LogP contribution >= 0.6 is 0 Å². The van der Waals surface area contributed by atoms with E-state index in [1.165, 1.54) is 14.2 Å². The van der Waals surface area contributed by atoms with Crippen LogP contribution in [0.3, 0.4) is 0 Å². The highest BCUT2D eigenvalue weighted by Crippen LogP contribution is 2.50. The lowest BCUT2D eigenvalue weighted by Crippen LogP contribution is -2.47. The maximum Gasteiger partial charge on any atom is 0.407 e. The number of hydrogen-bond donors (Lipinski definition) is 4. The molecule has 0 radical (unpaired) electrons. The van der Waals surface area contributed by atoms with E-state index in [0.29, 0.717) is 12.1 Å². The molecule has 63 heavy (non-hydrogen) atoms. The van der Waals surface area contributed by atoms with Gasteiger partial charge in [0.25, 0.3) is 5.91 Å². The van der Waals surface area contributed by atoms with E-state index in [0.717, 1.165) is 98.7 Å². The Morgan fingerprint density at radius 1 is 0.746 bits per heavy atom. The zero-order valence-electron chi connectivity index (χ0n) is 35.3. The molecule has 1 aliphatic carbocycles. The first kappa shape index (κ1) is 39.9. The summed E-state index contributed by atoms with van der Waals surface area (Å²) in [6, 6.07) is 30.8. The van der Waals surface area contributed by atoms with Gasteiger partial charge in [0, 0.05) is 23.5 Å². The number of piperidine rings is 1. The van der Waals surface area contributed by atoms with Crippen LogP contribution in [0.25, 0.3) is 55.0 Å². The topological polar surface area (TPSA) is 175 Å². The van der Waals surface area contributed by atoms with Crippen molar-refractivity contribution in [3.63, 3.8) is 0 Å². The third-order valence-corrected chi connectivity index (χ3v) is 13.3. The summed E-state index contributed by atoms with van der Waals surface area (Å²) in [5.41, 5.74) is 6.51. The van der Waals surface area contributed by atoms with Crippen LogP contribution in [0.4, 0.5) is 9.59 Å². The minimum absolute atomic E-state index is 0.0730. The average Bonchev–Trinajstić information content (AvgIpc) is 4.18. The second-order valence-electron chi connectivity index (χ2n) is 16.9. The van der Waals surface area contributed by atoms with Crippen molar-refractivity contribution in [3.05, 3.63) is 120 Å². The molecule has 4 amide bonds. The molecule has 7 aromatic rings. The standard InChI is InChI=1S/C49H48N8O6/c1-27(51-48(60)62-2)46(58)56-21-7-10-40(56)44-52-38-20-17-33-23-32(16-19-37(33)42(38)54-44)29-11-12-31-24-34(14-13-30(31)22-29)39-26-50-45(53-39)43-35-15-18-36(25-35)57(43)47(59)41(55-49(61)63-3)28-8-5-4-6-9-28/h4-6,8-9,11-14,16-17,19-20,22-24,26-27,35-36,40-41,43H,7,10,15,18,21,25H2,1-3H3,(H,50,53)(H,51,60)(H,52,54)(H,55,61)/t27-,35-,36+,40-,41+,43-/m0/s1. The first-order valence-corrected chi connectivity index (χ1v) is 21.6. The quantitative estimate of drug-likeness (QED) is 0.112. The van der Waals surface area contributed by atoms with Gasteiger partial charge in [-0.15, -0.1) is 0 Å². The van der Waals surface area contributed by atoms with Crippen LogP contribution in [0.5, 0.6) is 0 Å². The number of fused-ring (bicyclic) bond motifs is 6. The summed E-state index contributed by atoms with van der Waals surface area (Å²) in [5.74, 6) is 1.43. The van der Waals surface area contributed by atoms with E-state index in [-0.39, 0.29) is 35.9 Å². The third-order valence-electron chi connectivity index (χ3n) is 13.3. The number of imidazole rings is 2. The number of rotatable bonds is 9. The van der Waals surface area contributed by atoms with Gasteiger partial charge < -0.3 is 39.9 Å². The fourth-order valence-corrected chi connectivity index (χ4v) is 10.2. The van der Waals surface area contributed by atoms with E-state index in [4.69, 9.17) is 19.4 Å². The number of hydrogen-bond acceptors (Lipinski definition) is 8. The number of methoxy groups -OCH3 is 2. The Bertz CT molecular complexity index is 2910. The summed E-state index contributed by atoms with van der Waals surface area (Å²) in [6.07, 6.45) is 5.02. The lowest BCUT2D eigenvalue weighted by molar-refractivity contribution is -0.138. The summed E-state index contributed by atoms with van der Waals surface area (Å²) < 4.78 is 9.59. The molecular weight excluding hydrogens is 797 g/mol. The van der Waals surface area contributed by atoms with Crippen LogP contribution in [0.15, 0.2) is 103 Å². The highest BCUT2D eigenvalue weighted by molar-refractivity contribution is 6.06. The number of nitrogens with one attached hydrogen (secondary N) is 4. The van der Waals surface area contributed by atoms with Crippen LogP contribution in [-0.4, -0.2) is 86.6 Å². The van der Waals surface area contributed by atoms with Crippen molar-refractivity contribution in [2.75, 3.05) is 20.8 Å². The Kier molecular flexibility index (Phi) is 10.3. The monoisotopic (exact) mass is 844 g/mol. The molecule has 5 aromatic carbocycles. The van der Waals surface area contributed by atoms with Gasteiger partial charge in [0.2, 0.25) is 5.91 Å². The number of alkyl carbamates (subject to hydrolysis) is 2. The Labute approximate surface area is 363 Å². The predicted molar refractivity (Wildman–Crippen MR) is 238 cm³/mol. The molecule has 14 heteroatoms. The van der Waals surface area contributed by atoms with E-state index >= 15 is 0 Å². The molecule has 10 rings (SSSR count). The third kappa shape index (κ3) is 7.28. The second kappa shape index (κ2) is 16.2. The van der Waals surface area contributed by atoms with Crippen LogP contribution in [0, 0.1) is 5.92 Å². The highest BCUT2D eigenvalue weighted by atomic mass is 16.5. The largest absolute Gasteiger partial charge is 0.453 e. The molecule has 4 N–H and O–H groups in total. The number of H-pyrrole nitrogens is 2. The molecule has 0 spiro atoms. The minimum Gasteiger partial charge on any atom is -0.453 e. The summed E-state index contributed by atoms with van der Waals surface area (Å²) >= 11 is 0. The van der Waals surface area contributed by atoms with E-state index in [1.807, 2.05) is 47.5 Å². The Balaban J connectivity index is 0.877. The molecule has 4 heterocycles. The maximum absolute atomic E-state index is 14.3. The maximum atomic E-state index is 14.3. The Morgan fingerprint density at radius 3 is 2.22 bits per heavy atom. The molecule has 3 aliphatic rings. The number of likely N-dealkylation sites (tertiary alicyclic amines) is 2. The van der Waals surface area contributed by atoms with E-state index in [1.54, 1.807) is 11.8 Å². The molecule has 2 aromatic heterocycles. The first-order valence-electron chi connectivity index (χ1n) is 21.6. The number of amides is 4. The number of benzene rings is 5. The summed E-state index contributed by atoms with van der Waals surface area (Å²) in [6.45, 7) is 2.26. The van der Waals surface area contributed by atoms with Gasteiger partial charge in [-0.05, 0) is 102 Å². The van der Waals surface area contributed by atoms with Crippen molar-refractivity contribution in [2.24, 2.45) is 5.92 Å². The van der Waals surface area contributed by atoms with Crippen molar-refractivity contribution >= 4 is 56.6 Å². The van der Waals surface area contributed by atoms with Gasteiger partial charge in [0.1, 0.15) is 23.7 Å². The fourth-order valence-electron chi connectivity index (χ4n) is 10.2. The number of carbonyl (C=O) groups is 4. The molecule has 2 saturated heterocycles. The lowest BCUT2D eigenvalue weighted by Gasteiger charge is -2.36. The second-order valence-corrected chi connectivity index (χ2v) is 16.9. The van der Waals surface area contributed by atoms with Crippen LogP contribution in [-0.2, 0) is 19.1 Å². The SMILES string of the molecule is COC(=O)N[C@@H](C)C(=O)N1CCC[C@H]1c1nc2c(ccc3cc(-c4ccc5cc(-c6cnc([C@@H]7[C@H]8CC[C@H](C8)N7C(=O)[C@H](NC(=O)OC)c7ccccc7)[nH]6)ccc5c4)ccc32)[nH]1. The Morgan fingerprint density at radius 2 is 1.44 bits per heavy atom. The number of nitrogens with zero attached hydrogens (tertiary/aromatic N) is 4. The summed E-state index contributed by atoms with van der Waals surface area (Å²) in [4.78, 5) is 72.5. The smallest absolute Gasteiger partial charge is 0.407 e. The van der Waals surface area contributed by atoms with Crippen LogP contribution in [0.1, 0.15) is 74.4 Å². The van der Waals surface area contributed by atoms with Gasteiger partial charge in [-0.3, -0.25) is 9.59 Å². The fraction of sp³-hybridized carbons (Fsp3) is 0.306. The minimum atomic E-state index is -0.877. The van der Waals surface area contributed by atoms with Crippen LogP contribution < -0.4 is 10.6 Å². The van der Waals surface area contributed by atoms with Crippen molar-refractivity contribution in [1.82, 2.24) is 40.4 Å². The van der Waals surface area contributed by atoms with E-state index < -0.39 is 24.3 Å². The van der Waals surface area contributed by atoms with Crippen molar-refractivity contribution in [3.8, 4) is 22.4 Å². The molecule has 2 bridgehead atoms. The Hall–Kier alpha value is -7.22. The van der Waals surface area contributed by atoms with E-state index in [9.17, 15) is 19.2 Å². The zero-order chi connectivity index (χ0) is 43.4. The predicted octanol–water partition coefficient (Wildman–Crippen LogP) is 8.48. The van der Waals surface area contributed by atoms with Crippen LogP contribution in [0.2, 0.25) is 0 Å². The molecule has 320 valence electrons. The molecule has 3 fully saturated rings. The zero-order valence-corrected chi connectivity index (χ0v) is 35.3. The van der Waals surface area contributed by atoms with Gasteiger partial charge >= 0.3 is 12.2 Å². The molecule has 0 unspecified atom stereocenters. The van der Waals surface area contributed by atoms with Gasteiger partial charge in [-0.2, -0.15) is 0 Å². The number of carbonyl (C=O) groups excluding carboxylic acids is 4. The molecule has 1 saturated carbocycles. The van der Waals surface area contributed by atoms with Crippen molar-refractivity contribution in [2.45, 2.75) is 69.2 Å². The first-order chi connectivity index (χ1) is 30.7. The van der Waals surface area contributed by atoms with Gasteiger partial charge in [-0.25, -0.2) is 19.6 Å². The molecule has 6 atom stereocenters. The van der Waals surface area contributed by atoms with Crippen molar-refractivity contribution in [1.29, 1.82) is 0 Å². The van der Waals surface area contributed by atoms with Gasteiger partial charge in [0.15, 0.2) is 0 Å². The number of aromatic nitrogens is 4.